The maximum absolute atomic E-state index is 12.5. The lowest BCUT2D eigenvalue weighted by Crippen LogP contribution is -2.19. The van der Waals surface area contributed by atoms with Crippen LogP contribution in [0.15, 0.2) is 40.3 Å². The number of carbonyl (C=O) groups is 2. The second-order valence-corrected chi connectivity index (χ2v) is 8.01. The maximum atomic E-state index is 12.5. The monoisotopic (exact) mass is 381 g/mol. The van der Waals surface area contributed by atoms with Crippen molar-refractivity contribution in [3.8, 4) is 0 Å². The van der Waals surface area contributed by atoms with Crippen LogP contribution in [0.4, 0.5) is 11.4 Å². The van der Waals surface area contributed by atoms with E-state index in [1.165, 1.54) is 28.6 Å². The van der Waals surface area contributed by atoms with E-state index in [9.17, 15) is 18.0 Å². The number of nitrogens with zero attached hydrogens (tertiary/aromatic N) is 1. The number of anilines is 2. The van der Waals surface area contributed by atoms with Crippen molar-refractivity contribution in [2.24, 2.45) is 0 Å². The van der Waals surface area contributed by atoms with Crippen molar-refractivity contribution < 1.29 is 23.1 Å². The molecule has 1 amide bonds. The number of sulfonamides is 1. The van der Waals surface area contributed by atoms with Crippen LogP contribution in [0.1, 0.15) is 17.4 Å². The first-order valence-corrected chi connectivity index (χ1v) is 9.80. The van der Waals surface area contributed by atoms with Gasteiger partial charge >= 0.3 is 5.97 Å². The van der Waals surface area contributed by atoms with Gasteiger partial charge in [0.15, 0.2) is 0 Å². The summed E-state index contributed by atoms with van der Waals surface area (Å²) in [7, 11) is -3.93. The Kier molecular flexibility index (Phi) is 4.48. The van der Waals surface area contributed by atoms with Crippen molar-refractivity contribution in [1.29, 1.82) is 0 Å². The number of hydrogen-bond donors (Lipinski definition) is 3. The zero-order valence-corrected chi connectivity index (χ0v) is 14.8. The maximum Gasteiger partial charge on any atom is 0.352 e. The molecule has 3 rings (SSSR count). The van der Waals surface area contributed by atoms with Crippen LogP contribution in [0.25, 0.3) is 0 Å². The summed E-state index contributed by atoms with van der Waals surface area (Å²) in [5.41, 5.74) is 0.879. The first-order chi connectivity index (χ1) is 11.8. The van der Waals surface area contributed by atoms with E-state index in [2.05, 4.69) is 10.0 Å². The number of nitrogens with one attached hydrogen (secondary N) is 2. The fourth-order valence-corrected chi connectivity index (χ4v) is 4.35. The molecule has 0 atom stereocenters. The van der Waals surface area contributed by atoms with Crippen molar-refractivity contribution in [2.45, 2.75) is 23.3 Å². The highest BCUT2D eigenvalue weighted by Gasteiger charge is 2.22. The fourth-order valence-electron chi connectivity index (χ4n) is 2.42. The van der Waals surface area contributed by atoms with Gasteiger partial charge in [0.1, 0.15) is 10.6 Å². The Hall–Kier alpha value is -2.46. The first-order valence-electron chi connectivity index (χ1n) is 7.33. The molecular formula is C15H15N3O5S2. The summed E-state index contributed by atoms with van der Waals surface area (Å²) in [6, 6.07) is 5.92. The molecule has 0 aliphatic carbocycles. The smallest absolute Gasteiger partial charge is 0.352 e. The average molecular weight is 381 g/mol. The zero-order chi connectivity index (χ0) is 18.2. The summed E-state index contributed by atoms with van der Waals surface area (Å²) in [5.74, 6) is -1.03. The SMILES string of the molecule is CCn1cc(S(=O)(=O)Nc2ccc3c(c2)SCC(=O)N3)cc1C(=O)O. The van der Waals surface area contributed by atoms with Crippen LogP contribution in [0.2, 0.25) is 0 Å². The Morgan fingerprint density at radius 3 is 2.80 bits per heavy atom. The molecule has 0 saturated heterocycles. The fraction of sp³-hybridized carbons (Fsp3) is 0.200. The first kappa shape index (κ1) is 17.4. The highest BCUT2D eigenvalue weighted by atomic mass is 32.2. The minimum atomic E-state index is -3.93. The second kappa shape index (κ2) is 6.45. The third kappa shape index (κ3) is 3.49. The molecule has 2 heterocycles. The molecule has 1 aliphatic rings. The average Bonchev–Trinajstić information content (AvgIpc) is 3.00. The Labute approximate surface area is 148 Å². The number of aryl methyl sites for hydroxylation is 1. The van der Waals surface area contributed by atoms with E-state index in [1.807, 2.05) is 0 Å². The number of fused-ring (bicyclic) bond motifs is 1. The third-order valence-electron chi connectivity index (χ3n) is 3.61. The van der Waals surface area contributed by atoms with Crippen molar-refractivity contribution >= 4 is 45.0 Å². The standard InChI is InChI=1S/C15H15N3O5S2/c1-2-18-7-10(6-12(18)15(20)21)25(22,23)17-9-3-4-11-13(5-9)24-8-14(19)16-11/h3-7,17H,2,8H2,1H3,(H,16,19)(H,20,21). The molecule has 0 spiro atoms. The number of carbonyl (C=O) groups excluding carboxylic acids is 1. The van der Waals surface area contributed by atoms with Gasteiger partial charge in [0.25, 0.3) is 10.0 Å². The molecule has 0 bridgehead atoms. The molecule has 25 heavy (non-hydrogen) atoms. The third-order valence-corrected chi connectivity index (χ3v) is 6.01. The number of amides is 1. The van der Waals surface area contributed by atoms with E-state index < -0.39 is 16.0 Å². The van der Waals surface area contributed by atoms with Gasteiger partial charge in [-0.3, -0.25) is 9.52 Å². The lowest BCUT2D eigenvalue weighted by molar-refractivity contribution is -0.113. The molecule has 1 aromatic heterocycles. The molecular weight excluding hydrogens is 366 g/mol. The minimum absolute atomic E-state index is 0.0911. The van der Waals surface area contributed by atoms with E-state index >= 15 is 0 Å². The number of carboxylic acid groups (broad SMARTS) is 1. The number of benzene rings is 1. The van der Waals surface area contributed by atoms with Crippen molar-refractivity contribution in [3.63, 3.8) is 0 Å². The summed E-state index contributed by atoms with van der Waals surface area (Å²) >= 11 is 1.32. The molecule has 1 aliphatic heterocycles. The van der Waals surface area contributed by atoms with E-state index in [4.69, 9.17) is 5.11 Å². The molecule has 10 heteroatoms. The van der Waals surface area contributed by atoms with Crippen LogP contribution in [-0.2, 0) is 21.4 Å². The Balaban J connectivity index is 1.89. The molecule has 2 aromatic rings. The van der Waals surface area contributed by atoms with Gasteiger partial charge in [-0.1, -0.05) is 0 Å². The normalized spacial score (nSPS) is 13.9. The lowest BCUT2D eigenvalue weighted by atomic mass is 10.3. The summed E-state index contributed by atoms with van der Waals surface area (Å²) < 4.78 is 28.9. The quantitative estimate of drug-likeness (QED) is 0.730. The number of aromatic nitrogens is 1. The number of rotatable bonds is 5. The molecule has 0 radical (unpaired) electrons. The van der Waals surface area contributed by atoms with Crippen LogP contribution in [0, 0.1) is 0 Å². The molecule has 132 valence electrons. The molecule has 3 N–H and O–H groups in total. The van der Waals surface area contributed by atoms with Crippen LogP contribution in [0.3, 0.4) is 0 Å². The molecule has 1 aromatic carbocycles. The Morgan fingerprint density at radius 1 is 1.40 bits per heavy atom. The lowest BCUT2D eigenvalue weighted by Gasteiger charge is -2.17. The Bertz CT molecular complexity index is 966. The molecule has 8 nitrogen and oxygen atoms in total. The van der Waals surface area contributed by atoms with Gasteiger partial charge < -0.3 is 15.0 Å². The number of aromatic carboxylic acids is 1. The second-order valence-electron chi connectivity index (χ2n) is 5.31. The summed E-state index contributed by atoms with van der Waals surface area (Å²) in [5, 5.41) is 11.9. The summed E-state index contributed by atoms with van der Waals surface area (Å²) in [6.07, 6.45) is 1.29. The Morgan fingerprint density at radius 2 is 2.16 bits per heavy atom. The highest BCUT2D eigenvalue weighted by Crippen LogP contribution is 2.34. The van der Waals surface area contributed by atoms with Gasteiger partial charge in [-0.05, 0) is 31.2 Å². The summed E-state index contributed by atoms with van der Waals surface area (Å²) in [6.45, 7) is 2.07. The predicted molar refractivity (Wildman–Crippen MR) is 93.7 cm³/mol. The molecule has 0 saturated carbocycles. The van der Waals surface area contributed by atoms with Gasteiger partial charge in [-0.15, -0.1) is 11.8 Å². The van der Waals surface area contributed by atoms with E-state index in [0.29, 0.717) is 17.9 Å². The number of carboxylic acids is 1. The summed E-state index contributed by atoms with van der Waals surface area (Å²) in [4.78, 5) is 23.2. The number of thioether (sulfide) groups is 1. The minimum Gasteiger partial charge on any atom is -0.477 e. The zero-order valence-electron chi connectivity index (χ0n) is 13.1. The molecule has 0 unspecified atom stereocenters. The van der Waals surface area contributed by atoms with Gasteiger partial charge in [0.05, 0.1) is 17.1 Å². The van der Waals surface area contributed by atoms with E-state index in [-0.39, 0.29) is 22.2 Å². The van der Waals surface area contributed by atoms with Gasteiger partial charge in [-0.2, -0.15) is 0 Å². The van der Waals surface area contributed by atoms with E-state index in [1.54, 1.807) is 19.1 Å². The van der Waals surface area contributed by atoms with Gasteiger partial charge in [0.2, 0.25) is 5.91 Å². The van der Waals surface area contributed by atoms with Crippen LogP contribution >= 0.6 is 11.8 Å². The molecule has 0 fully saturated rings. The van der Waals surface area contributed by atoms with Crippen LogP contribution < -0.4 is 10.0 Å². The largest absolute Gasteiger partial charge is 0.477 e. The van der Waals surface area contributed by atoms with Crippen molar-refractivity contribution in [2.75, 3.05) is 15.8 Å². The number of hydrogen-bond acceptors (Lipinski definition) is 5. The topological polar surface area (TPSA) is 118 Å². The predicted octanol–water partition coefficient (Wildman–Crippen LogP) is 2.05. The van der Waals surface area contributed by atoms with Gasteiger partial charge in [0, 0.05) is 17.6 Å². The van der Waals surface area contributed by atoms with Crippen molar-refractivity contribution in [3.05, 3.63) is 36.2 Å². The van der Waals surface area contributed by atoms with E-state index in [0.717, 1.165) is 11.0 Å². The van der Waals surface area contributed by atoms with Crippen LogP contribution in [0.5, 0.6) is 0 Å². The highest BCUT2D eigenvalue weighted by molar-refractivity contribution is 8.00. The van der Waals surface area contributed by atoms with Crippen LogP contribution in [-0.4, -0.2) is 35.7 Å². The van der Waals surface area contributed by atoms with Crippen molar-refractivity contribution in [1.82, 2.24) is 4.57 Å². The van der Waals surface area contributed by atoms with Gasteiger partial charge in [-0.25, -0.2) is 13.2 Å².